The summed E-state index contributed by atoms with van der Waals surface area (Å²) in [7, 11) is 0. The van der Waals surface area contributed by atoms with E-state index in [4.69, 9.17) is 22.1 Å². The van der Waals surface area contributed by atoms with Gasteiger partial charge in [0, 0.05) is 22.7 Å². The molecule has 6 nitrogen and oxygen atoms in total. The van der Waals surface area contributed by atoms with Crippen molar-refractivity contribution in [3.63, 3.8) is 0 Å². The normalized spacial score (nSPS) is 12.3. The van der Waals surface area contributed by atoms with E-state index in [9.17, 15) is 4.39 Å². The molecule has 4 rings (SSSR count). The van der Waals surface area contributed by atoms with E-state index in [1.54, 1.807) is 17.9 Å². The number of hydrogen-bond acceptors (Lipinski definition) is 5. The molecule has 30 heavy (non-hydrogen) atoms. The Morgan fingerprint density at radius 1 is 1.23 bits per heavy atom. The lowest BCUT2D eigenvalue weighted by molar-refractivity contribution is 0.307. The summed E-state index contributed by atoms with van der Waals surface area (Å²) in [6.07, 6.45) is 1.67. The van der Waals surface area contributed by atoms with Crippen LogP contribution in [0.2, 0.25) is 5.02 Å². The largest absolute Gasteiger partial charge is 0.487 e. The first kappa shape index (κ1) is 20.3. The van der Waals surface area contributed by atoms with Gasteiger partial charge in [-0.05, 0) is 50.6 Å². The van der Waals surface area contributed by atoms with Crippen LogP contribution in [0.25, 0.3) is 16.6 Å². The van der Waals surface area contributed by atoms with E-state index >= 15 is 0 Å². The molecule has 2 heterocycles. The standard InChI is InChI=1S/C22H21ClFN5O/c1-12-7-20(29-11-26-14(3)28-29)16-5-4-6-21(22(16)27-12)30-10-18-17(13(2)25)8-15(24)9-19(18)23/h4-9,11,13H,10,25H2,1-3H3/t13-/m0/s1. The van der Waals surface area contributed by atoms with Crippen molar-refractivity contribution in [1.29, 1.82) is 0 Å². The highest BCUT2D eigenvalue weighted by Crippen LogP contribution is 2.32. The monoisotopic (exact) mass is 425 g/mol. The second-order valence-electron chi connectivity index (χ2n) is 7.20. The van der Waals surface area contributed by atoms with Crippen LogP contribution in [0.1, 0.15) is 35.6 Å². The molecule has 154 valence electrons. The molecule has 2 aromatic heterocycles. The highest BCUT2D eigenvalue weighted by atomic mass is 35.5. The predicted octanol–water partition coefficient (Wildman–Crippen LogP) is 4.82. The van der Waals surface area contributed by atoms with Gasteiger partial charge in [-0.15, -0.1) is 0 Å². The van der Waals surface area contributed by atoms with Gasteiger partial charge in [-0.1, -0.05) is 23.7 Å². The number of fused-ring (bicyclic) bond motifs is 1. The van der Waals surface area contributed by atoms with Gasteiger partial charge in [0.25, 0.3) is 0 Å². The third kappa shape index (κ3) is 3.86. The highest BCUT2D eigenvalue weighted by molar-refractivity contribution is 6.31. The summed E-state index contributed by atoms with van der Waals surface area (Å²) in [4.78, 5) is 8.88. The molecule has 0 aliphatic rings. The number of nitrogens with zero attached hydrogens (tertiary/aromatic N) is 4. The molecule has 0 aliphatic heterocycles. The maximum atomic E-state index is 13.8. The molecule has 0 saturated carbocycles. The zero-order valence-electron chi connectivity index (χ0n) is 16.9. The summed E-state index contributed by atoms with van der Waals surface area (Å²) in [5.41, 5.74) is 9.65. The molecule has 2 N–H and O–H groups in total. The van der Waals surface area contributed by atoms with E-state index in [1.807, 2.05) is 38.1 Å². The Labute approximate surface area is 178 Å². The second-order valence-corrected chi connectivity index (χ2v) is 7.61. The average Bonchev–Trinajstić information content (AvgIpc) is 3.12. The fraction of sp³-hybridized carbons (Fsp3) is 0.227. The molecule has 0 radical (unpaired) electrons. The van der Waals surface area contributed by atoms with Gasteiger partial charge in [0.15, 0.2) is 0 Å². The Kier molecular flexibility index (Phi) is 5.40. The smallest absolute Gasteiger partial charge is 0.147 e. The summed E-state index contributed by atoms with van der Waals surface area (Å²) < 4.78 is 21.6. The molecular weight excluding hydrogens is 405 g/mol. The number of para-hydroxylation sites is 1. The number of nitrogens with two attached hydrogens (primary N) is 1. The zero-order chi connectivity index (χ0) is 21.4. The quantitative estimate of drug-likeness (QED) is 0.495. The summed E-state index contributed by atoms with van der Waals surface area (Å²) in [5.74, 6) is 0.843. The van der Waals surface area contributed by atoms with Crippen LogP contribution in [-0.2, 0) is 6.61 Å². The number of rotatable bonds is 5. The Morgan fingerprint density at radius 3 is 2.73 bits per heavy atom. The fourth-order valence-corrected chi connectivity index (χ4v) is 3.70. The number of hydrogen-bond donors (Lipinski definition) is 1. The van der Waals surface area contributed by atoms with E-state index in [1.165, 1.54) is 12.1 Å². The number of ether oxygens (including phenoxy) is 1. The van der Waals surface area contributed by atoms with Gasteiger partial charge in [-0.25, -0.2) is 19.0 Å². The van der Waals surface area contributed by atoms with Crippen molar-refractivity contribution in [2.75, 3.05) is 0 Å². The summed E-state index contributed by atoms with van der Waals surface area (Å²) >= 11 is 6.29. The van der Waals surface area contributed by atoms with Gasteiger partial charge >= 0.3 is 0 Å². The molecule has 1 atom stereocenters. The summed E-state index contributed by atoms with van der Waals surface area (Å²) in [5, 5.41) is 5.57. The van der Waals surface area contributed by atoms with Crippen LogP contribution in [0.15, 0.2) is 42.7 Å². The third-order valence-electron chi connectivity index (χ3n) is 4.82. The second kappa shape index (κ2) is 8.01. The van der Waals surface area contributed by atoms with E-state index in [-0.39, 0.29) is 17.7 Å². The van der Waals surface area contributed by atoms with Crippen molar-refractivity contribution >= 4 is 22.5 Å². The van der Waals surface area contributed by atoms with Gasteiger partial charge in [-0.3, -0.25) is 0 Å². The van der Waals surface area contributed by atoms with E-state index in [0.717, 1.165) is 16.8 Å². The van der Waals surface area contributed by atoms with Crippen LogP contribution < -0.4 is 10.5 Å². The highest BCUT2D eigenvalue weighted by Gasteiger charge is 2.16. The first-order chi connectivity index (χ1) is 14.3. The molecule has 0 saturated heterocycles. The lowest BCUT2D eigenvalue weighted by atomic mass is 10.0. The first-order valence-electron chi connectivity index (χ1n) is 9.48. The van der Waals surface area contributed by atoms with Gasteiger partial charge in [0.1, 0.15) is 35.8 Å². The fourth-order valence-electron chi connectivity index (χ4n) is 3.43. The molecule has 0 fully saturated rings. The average molecular weight is 426 g/mol. The number of pyridine rings is 1. The zero-order valence-corrected chi connectivity index (χ0v) is 17.6. The van der Waals surface area contributed by atoms with Gasteiger partial charge in [0.05, 0.1) is 10.7 Å². The molecule has 0 unspecified atom stereocenters. The van der Waals surface area contributed by atoms with Gasteiger partial charge in [0.2, 0.25) is 0 Å². The first-order valence-corrected chi connectivity index (χ1v) is 9.86. The van der Waals surface area contributed by atoms with Gasteiger partial charge < -0.3 is 10.5 Å². The van der Waals surface area contributed by atoms with Crippen LogP contribution in [0.3, 0.4) is 0 Å². The third-order valence-corrected chi connectivity index (χ3v) is 5.16. The topological polar surface area (TPSA) is 78.8 Å². The van der Waals surface area contributed by atoms with Crippen LogP contribution in [0, 0.1) is 19.7 Å². The Morgan fingerprint density at radius 2 is 2.03 bits per heavy atom. The van der Waals surface area contributed by atoms with Crippen molar-refractivity contribution in [3.8, 4) is 11.4 Å². The van der Waals surface area contributed by atoms with E-state index in [2.05, 4.69) is 15.1 Å². The Hall–Kier alpha value is -3.03. The lowest BCUT2D eigenvalue weighted by Gasteiger charge is -2.17. The van der Waals surface area contributed by atoms with Crippen molar-refractivity contribution in [2.24, 2.45) is 5.73 Å². The number of aryl methyl sites for hydroxylation is 2. The Bertz CT molecular complexity index is 1240. The number of aromatic nitrogens is 4. The maximum Gasteiger partial charge on any atom is 0.147 e. The van der Waals surface area contributed by atoms with Crippen LogP contribution >= 0.6 is 11.6 Å². The maximum absolute atomic E-state index is 13.8. The molecule has 0 bridgehead atoms. The molecule has 0 spiro atoms. The van der Waals surface area contributed by atoms with Gasteiger partial charge in [-0.2, -0.15) is 5.10 Å². The number of halogens is 2. The molecule has 0 aliphatic carbocycles. The summed E-state index contributed by atoms with van der Waals surface area (Å²) in [6.45, 7) is 5.67. The van der Waals surface area contributed by atoms with E-state index in [0.29, 0.717) is 28.2 Å². The summed E-state index contributed by atoms with van der Waals surface area (Å²) in [6, 6.07) is 9.92. The van der Waals surface area contributed by atoms with Crippen molar-refractivity contribution in [1.82, 2.24) is 19.7 Å². The molecule has 8 heteroatoms. The number of benzene rings is 2. The van der Waals surface area contributed by atoms with Crippen molar-refractivity contribution < 1.29 is 9.13 Å². The molecule has 2 aromatic carbocycles. The molecule has 4 aromatic rings. The van der Waals surface area contributed by atoms with Crippen LogP contribution in [0.5, 0.6) is 5.75 Å². The Balaban J connectivity index is 1.76. The predicted molar refractivity (Wildman–Crippen MR) is 114 cm³/mol. The molecular formula is C22H21ClFN5O. The lowest BCUT2D eigenvalue weighted by Crippen LogP contribution is -2.11. The minimum absolute atomic E-state index is 0.141. The van der Waals surface area contributed by atoms with Crippen molar-refractivity contribution in [2.45, 2.75) is 33.4 Å². The van der Waals surface area contributed by atoms with Crippen LogP contribution in [0.4, 0.5) is 4.39 Å². The minimum Gasteiger partial charge on any atom is -0.487 e. The SMILES string of the molecule is Cc1cc(-n2cnc(C)n2)c2cccc(OCc3c(Cl)cc(F)cc3[C@H](C)N)c2n1. The van der Waals surface area contributed by atoms with Crippen LogP contribution in [-0.4, -0.2) is 19.7 Å². The molecule has 0 amide bonds. The van der Waals surface area contributed by atoms with Crippen molar-refractivity contribution in [3.05, 3.63) is 76.2 Å². The minimum atomic E-state index is -0.425. The van der Waals surface area contributed by atoms with E-state index < -0.39 is 5.82 Å².